The van der Waals surface area contributed by atoms with E-state index in [-0.39, 0.29) is 37.5 Å². The van der Waals surface area contributed by atoms with Crippen LogP contribution in [0.5, 0.6) is 0 Å². The van der Waals surface area contributed by atoms with Gasteiger partial charge in [-0.15, -0.1) is 0 Å². The summed E-state index contributed by atoms with van der Waals surface area (Å²) in [6.45, 7) is 6.28. The minimum absolute atomic E-state index is 0.115. The smallest absolute Gasteiger partial charge is 0.306 e. The predicted octanol–water partition coefficient (Wildman–Crippen LogP) is 20.3. The fourth-order valence-electron chi connectivity index (χ4n) is 7.35. The zero-order valence-corrected chi connectivity index (χ0v) is 47.7. The van der Waals surface area contributed by atoms with Crippen LogP contribution in [0.3, 0.4) is 0 Å². The molecule has 0 rings (SSSR count). The summed E-state index contributed by atoms with van der Waals surface area (Å²) < 4.78 is 16.7. The van der Waals surface area contributed by atoms with Crippen molar-refractivity contribution in [2.24, 2.45) is 0 Å². The number of rotatable bonds is 51. The molecule has 418 valence electrons. The van der Waals surface area contributed by atoms with Gasteiger partial charge in [0.1, 0.15) is 13.2 Å². The fraction of sp³-hybridized carbons (Fsp3) is 0.551. The van der Waals surface area contributed by atoms with E-state index in [4.69, 9.17) is 14.2 Å². The highest BCUT2D eigenvalue weighted by molar-refractivity contribution is 5.71. The lowest BCUT2D eigenvalue weighted by atomic mass is 10.1. The van der Waals surface area contributed by atoms with Crippen molar-refractivity contribution in [3.05, 3.63) is 170 Å². The Morgan fingerprint density at radius 1 is 0.280 bits per heavy atom. The Kier molecular flexibility index (Phi) is 57.0. The molecule has 0 aromatic rings. The Bertz CT molecular complexity index is 1750. The number of ether oxygens (including phenoxy) is 3. The number of unbranched alkanes of at least 4 members (excludes halogenated alkanes) is 12. The van der Waals surface area contributed by atoms with Crippen molar-refractivity contribution >= 4 is 17.9 Å². The molecule has 75 heavy (non-hydrogen) atoms. The third kappa shape index (κ3) is 59.5. The van der Waals surface area contributed by atoms with Crippen LogP contribution < -0.4 is 0 Å². The molecule has 0 saturated heterocycles. The molecule has 0 heterocycles. The van der Waals surface area contributed by atoms with Crippen molar-refractivity contribution in [2.45, 2.75) is 232 Å². The van der Waals surface area contributed by atoms with E-state index in [0.29, 0.717) is 19.3 Å². The molecule has 0 radical (unpaired) electrons. The van der Waals surface area contributed by atoms with Gasteiger partial charge in [0, 0.05) is 19.3 Å². The number of carbonyl (C=O) groups excluding carboxylic acids is 3. The third-order valence-corrected chi connectivity index (χ3v) is 11.7. The van der Waals surface area contributed by atoms with Crippen LogP contribution in [0.15, 0.2) is 170 Å². The van der Waals surface area contributed by atoms with E-state index in [1.54, 1.807) is 0 Å². The summed E-state index contributed by atoms with van der Waals surface area (Å²) in [5.74, 6) is -1.01. The lowest BCUT2D eigenvalue weighted by molar-refractivity contribution is -0.167. The first-order valence-corrected chi connectivity index (χ1v) is 29.6. The van der Waals surface area contributed by atoms with Gasteiger partial charge in [0.05, 0.1) is 0 Å². The van der Waals surface area contributed by atoms with Crippen LogP contribution in [0.2, 0.25) is 0 Å². The number of hydrogen-bond acceptors (Lipinski definition) is 6. The Hall–Kier alpha value is -5.23. The fourth-order valence-corrected chi connectivity index (χ4v) is 7.35. The van der Waals surface area contributed by atoms with Crippen LogP contribution in [-0.2, 0) is 28.6 Å². The molecule has 0 aromatic heterocycles. The Balaban J connectivity index is 4.37. The highest BCUT2D eigenvalue weighted by atomic mass is 16.6. The molecule has 0 saturated carbocycles. The number of allylic oxidation sites excluding steroid dienone is 28. The van der Waals surface area contributed by atoms with Gasteiger partial charge in [-0.3, -0.25) is 14.4 Å². The highest BCUT2D eigenvalue weighted by Crippen LogP contribution is 2.12. The number of hydrogen-bond donors (Lipinski definition) is 0. The van der Waals surface area contributed by atoms with Crippen LogP contribution in [0, 0.1) is 0 Å². The average Bonchev–Trinajstić information content (AvgIpc) is 3.41. The predicted molar refractivity (Wildman–Crippen MR) is 325 cm³/mol. The monoisotopic (exact) mass is 1030 g/mol. The van der Waals surface area contributed by atoms with Gasteiger partial charge >= 0.3 is 17.9 Å². The maximum atomic E-state index is 12.8. The van der Waals surface area contributed by atoms with Crippen LogP contribution in [0.4, 0.5) is 0 Å². The average molecular weight is 1030 g/mol. The molecule has 1 unspecified atom stereocenters. The van der Waals surface area contributed by atoms with Gasteiger partial charge in [0.2, 0.25) is 0 Å². The Morgan fingerprint density at radius 3 is 0.853 bits per heavy atom. The van der Waals surface area contributed by atoms with Crippen molar-refractivity contribution in [1.82, 2.24) is 0 Å². The molecule has 0 aromatic carbocycles. The third-order valence-electron chi connectivity index (χ3n) is 11.7. The molecule has 6 heteroatoms. The molecule has 0 amide bonds. The van der Waals surface area contributed by atoms with Crippen LogP contribution in [0.25, 0.3) is 0 Å². The molecule has 0 aliphatic heterocycles. The maximum Gasteiger partial charge on any atom is 0.306 e. The van der Waals surface area contributed by atoms with E-state index >= 15 is 0 Å². The Labute approximate surface area is 460 Å². The van der Waals surface area contributed by atoms with Crippen molar-refractivity contribution in [3.63, 3.8) is 0 Å². The summed E-state index contributed by atoms with van der Waals surface area (Å²) in [6, 6.07) is 0. The van der Waals surface area contributed by atoms with Gasteiger partial charge in [-0.2, -0.15) is 0 Å². The largest absolute Gasteiger partial charge is 0.462 e. The Morgan fingerprint density at radius 2 is 0.533 bits per heavy atom. The molecule has 0 fully saturated rings. The summed E-state index contributed by atoms with van der Waals surface area (Å²) in [5.41, 5.74) is 0. The first kappa shape index (κ1) is 69.8. The second-order valence-electron chi connectivity index (χ2n) is 18.8. The molecule has 0 spiro atoms. The van der Waals surface area contributed by atoms with Crippen LogP contribution in [-0.4, -0.2) is 37.2 Å². The van der Waals surface area contributed by atoms with Gasteiger partial charge in [0.25, 0.3) is 0 Å². The van der Waals surface area contributed by atoms with Gasteiger partial charge < -0.3 is 14.2 Å². The SMILES string of the molecule is CC/C=C\C/C=C\C/C=C\C/C=C\C/C=C\C/C=C\C/C=C\CCCCCCCC(=O)OCC(COC(=O)CCCCCCCCC)OC(=O)CCC/C=C\C/C=C\C/C=C\C/C=C\C/C=C\C/C=C\C/C=C\CC. The second-order valence-corrected chi connectivity index (χ2v) is 18.8. The topological polar surface area (TPSA) is 78.9 Å². The minimum Gasteiger partial charge on any atom is -0.462 e. The summed E-state index contributed by atoms with van der Waals surface area (Å²) in [6.07, 6.45) is 90.9. The van der Waals surface area contributed by atoms with E-state index in [1.165, 1.54) is 25.7 Å². The lowest BCUT2D eigenvalue weighted by Crippen LogP contribution is -2.30. The van der Waals surface area contributed by atoms with Crippen molar-refractivity contribution in [2.75, 3.05) is 13.2 Å². The van der Waals surface area contributed by atoms with Crippen LogP contribution >= 0.6 is 0 Å². The van der Waals surface area contributed by atoms with E-state index in [1.807, 2.05) is 0 Å². The van der Waals surface area contributed by atoms with Crippen molar-refractivity contribution in [3.8, 4) is 0 Å². The summed E-state index contributed by atoms with van der Waals surface area (Å²) in [7, 11) is 0. The van der Waals surface area contributed by atoms with Crippen molar-refractivity contribution in [1.29, 1.82) is 0 Å². The van der Waals surface area contributed by atoms with Gasteiger partial charge in [-0.1, -0.05) is 249 Å². The standard InChI is InChI=1S/C69H106O6/c1-4-7-10-13-16-18-20-22-24-26-28-30-32-33-34-35-37-38-40-42-44-46-48-50-53-56-59-62-68(71)74-65-66(64-73-67(70)61-58-55-52-15-12-9-6-3)75-69(72)63-60-57-54-51-49-47-45-43-41-39-36-31-29-27-25-23-21-19-17-14-11-8-5-2/h7-8,10-11,16-19,22-25,28-31,33-34,37-39,41-42,44-45,47,51,54,66H,4-6,9,12-15,20-21,26-27,32,35-36,40,43,46,48-50,52-53,55-65H2,1-3H3/b10-7-,11-8-,18-16-,19-17-,24-22-,25-23-,30-28-,31-29-,34-33-,38-37-,41-39-,44-42-,47-45-,54-51-. The second kappa shape index (κ2) is 61.3. The summed E-state index contributed by atoms with van der Waals surface area (Å²) in [4.78, 5) is 38.0. The zero-order valence-electron chi connectivity index (χ0n) is 47.7. The molecular weight excluding hydrogens is 925 g/mol. The number of esters is 3. The molecule has 0 aliphatic rings. The molecule has 0 bridgehead atoms. The van der Waals surface area contributed by atoms with E-state index < -0.39 is 6.10 Å². The first-order valence-electron chi connectivity index (χ1n) is 29.6. The van der Waals surface area contributed by atoms with Gasteiger partial charge in [-0.05, 0) is 128 Å². The van der Waals surface area contributed by atoms with E-state index in [2.05, 4.69) is 191 Å². The maximum absolute atomic E-state index is 12.8. The molecule has 0 N–H and O–H groups in total. The number of carbonyl (C=O) groups is 3. The molecule has 6 nitrogen and oxygen atoms in total. The zero-order chi connectivity index (χ0) is 54.3. The molecule has 0 aliphatic carbocycles. The van der Waals surface area contributed by atoms with E-state index in [0.717, 1.165) is 154 Å². The van der Waals surface area contributed by atoms with Gasteiger partial charge in [0.15, 0.2) is 6.10 Å². The highest BCUT2D eigenvalue weighted by Gasteiger charge is 2.19. The normalized spacial score (nSPS) is 13.4. The first-order chi connectivity index (χ1) is 37.0. The van der Waals surface area contributed by atoms with E-state index in [9.17, 15) is 14.4 Å². The van der Waals surface area contributed by atoms with Crippen LogP contribution in [0.1, 0.15) is 226 Å². The quantitative estimate of drug-likeness (QED) is 0.0261. The summed E-state index contributed by atoms with van der Waals surface area (Å²) in [5, 5.41) is 0. The molecule has 1 atom stereocenters. The molecular formula is C69H106O6. The summed E-state index contributed by atoms with van der Waals surface area (Å²) >= 11 is 0. The lowest BCUT2D eigenvalue weighted by Gasteiger charge is -2.18. The minimum atomic E-state index is -0.824. The van der Waals surface area contributed by atoms with Gasteiger partial charge in [-0.25, -0.2) is 0 Å². The van der Waals surface area contributed by atoms with Crippen molar-refractivity contribution < 1.29 is 28.6 Å².